The first-order valence-corrected chi connectivity index (χ1v) is 9.62. The van der Waals surface area contributed by atoms with E-state index in [2.05, 4.69) is 42.9 Å². The second-order valence-corrected chi connectivity index (χ2v) is 6.93. The molecule has 4 aromatic heterocycles. The molecule has 0 N–H and O–H groups in total. The molecule has 0 aromatic carbocycles. The third-order valence-electron chi connectivity index (χ3n) is 5.03. The van der Waals surface area contributed by atoms with E-state index in [-0.39, 0.29) is 0 Å². The fourth-order valence-corrected chi connectivity index (χ4v) is 3.64. The van der Waals surface area contributed by atoms with E-state index >= 15 is 0 Å². The summed E-state index contributed by atoms with van der Waals surface area (Å²) in [6.07, 6.45) is 5.53. The summed E-state index contributed by atoms with van der Waals surface area (Å²) in [4.78, 5) is 11.9. The molecular formula is C21H25N7. The lowest BCUT2D eigenvalue weighted by Gasteiger charge is -2.21. The van der Waals surface area contributed by atoms with Gasteiger partial charge in [0.15, 0.2) is 5.65 Å². The molecule has 0 aliphatic rings. The number of pyridine rings is 1. The summed E-state index contributed by atoms with van der Waals surface area (Å²) in [6, 6.07) is 6.09. The molecule has 0 spiro atoms. The van der Waals surface area contributed by atoms with Crippen LogP contribution in [0.5, 0.6) is 0 Å². The van der Waals surface area contributed by atoms with Crippen LogP contribution in [-0.2, 0) is 0 Å². The standard InChI is InChI=1S/C21H25N7/c1-6-26(7-2)18-12-15(4)24-21-19(16(5)25-28(18)21)20-14(3)11-17(13-22-20)27-10-8-9-23-27/h8-13H,6-7H2,1-5H3. The molecule has 0 amide bonds. The van der Waals surface area contributed by atoms with Gasteiger partial charge in [-0.05, 0) is 52.3 Å². The summed E-state index contributed by atoms with van der Waals surface area (Å²) in [7, 11) is 0. The van der Waals surface area contributed by atoms with Gasteiger partial charge in [0.05, 0.1) is 28.8 Å². The average molecular weight is 375 g/mol. The fourth-order valence-electron chi connectivity index (χ4n) is 3.64. The van der Waals surface area contributed by atoms with Gasteiger partial charge in [0.25, 0.3) is 0 Å². The third-order valence-corrected chi connectivity index (χ3v) is 5.03. The zero-order chi connectivity index (χ0) is 19.8. The largest absolute Gasteiger partial charge is 0.357 e. The van der Waals surface area contributed by atoms with E-state index in [1.807, 2.05) is 41.5 Å². The van der Waals surface area contributed by atoms with E-state index in [0.29, 0.717) is 0 Å². The Balaban J connectivity index is 1.91. The van der Waals surface area contributed by atoms with Gasteiger partial charge >= 0.3 is 0 Å². The topological polar surface area (TPSA) is 64.1 Å². The second-order valence-electron chi connectivity index (χ2n) is 6.93. The summed E-state index contributed by atoms with van der Waals surface area (Å²) < 4.78 is 3.76. The lowest BCUT2D eigenvalue weighted by molar-refractivity contribution is 0.792. The second kappa shape index (κ2) is 7.07. The quantitative estimate of drug-likeness (QED) is 0.532. The van der Waals surface area contributed by atoms with Crippen LogP contribution >= 0.6 is 0 Å². The van der Waals surface area contributed by atoms with Crippen molar-refractivity contribution >= 4 is 11.5 Å². The van der Waals surface area contributed by atoms with Crippen molar-refractivity contribution in [2.45, 2.75) is 34.6 Å². The van der Waals surface area contributed by atoms with Gasteiger partial charge in [0, 0.05) is 37.2 Å². The van der Waals surface area contributed by atoms with Gasteiger partial charge < -0.3 is 4.90 Å². The molecule has 0 unspecified atom stereocenters. The van der Waals surface area contributed by atoms with E-state index in [9.17, 15) is 0 Å². The normalized spacial score (nSPS) is 11.3. The van der Waals surface area contributed by atoms with Crippen LogP contribution < -0.4 is 4.90 Å². The van der Waals surface area contributed by atoms with Gasteiger partial charge in [-0.15, -0.1) is 0 Å². The lowest BCUT2D eigenvalue weighted by Crippen LogP contribution is -2.25. The molecule has 28 heavy (non-hydrogen) atoms. The summed E-state index contributed by atoms with van der Waals surface area (Å²) >= 11 is 0. The lowest BCUT2D eigenvalue weighted by atomic mass is 10.1. The van der Waals surface area contributed by atoms with Crippen molar-refractivity contribution in [3.8, 4) is 16.9 Å². The number of hydrogen-bond acceptors (Lipinski definition) is 5. The number of fused-ring (bicyclic) bond motifs is 1. The van der Waals surface area contributed by atoms with E-state index in [1.165, 1.54) is 0 Å². The predicted molar refractivity (Wildman–Crippen MR) is 111 cm³/mol. The Morgan fingerprint density at radius 1 is 1.07 bits per heavy atom. The Morgan fingerprint density at radius 2 is 1.86 bits per heavy atom. The minimum atomic E-state index is 0.849. The molecule has 0 radical (unpaired) electrons. The van der Waals surface area contributed by atoms with Crippen LogP contribution in [0, 0.1) is 20.8 Å². The number of rotatable bonds is 5. The molecule has 4 rings (SSSR count). The molecule has 4 heterocycles. The van der Waals surface area contributed by atoms with Gasteiger partial charge in [0.1, 0.15) is 5.82 Å². The molecule has 7 nitrogen and oxygen atoms in total. The van der Waals surface area contributed by atoms with Crippen LogP contribution in [0.1, 0.15) is 30.8 Å². The van der Waals surface area contributed by atoms with Crippen LogP contribution in [-0.4, -0.2) is 42.5 Å². The van der Waals surface area contributed by atoms with E-state index < -0.39 is 0 Å². The molecule has 0 fully saturated rings. The molecule has 0 saturated carbocycles. The molecule has 0 aliphatic heterocycles. The third kappa shape index (κ3) is 2.93. The van der Waals surface area contributed by atoms with Crippen molar-refractivity contribution in [2.24, 2.45) is 0 Å². The maximum atomic E-state index is 4.82. The number of anilines is 1. The highest BCUT2D eigenvalue weighted by Crippen LogP contribution is 2.31. The van der Waals surface area contributed by atoms with Crippen LogP contribution in [0.2, 0.25) is 0 Å². The Morgan fingerprint density at radius 3 is 2.50 bits per heavy atom. The van der Waals surface area contributed by atoms with Crippen molar-refractivity contribution in [2.75, 3.05) is 18.0 Å². The summed E-state index contributed by atoms with van der Waals surface area (Å²) in [6.45, 7) is 12.3. The van der Waals surface area contributed by atoms with Gasteiger partial charge in [-0.25, -0.2) is 9.67 Å². The average Bonchev–Trinajstić information content (AvgIpc) is 3.31. The number of aryl methyl sites for hydroxylation is 3. The molecule has 0 aliphatic carbocycles. The molecule has 0 bridgehead atoms. The maximum absolute atomic E-state index is 4.82. The SMILES string of the molecule is CCN(CC)c1cc(C)nc2c(-c3ncc(-n4cccn4)cc3C)c(C)nn12. The number of hydrogen-bond donors (Lipinski definition) is 0. The first-order chi connectivity index (χ1) is 13.5. The van der Waals surface area contributed by atoms with E-state index in [4.69, 9.17) is 15.1 Å². The Labute approximate surface area is 164 Å². The molecule has 144 valence electrons. The molecular weight excluding hydrogens is 350 g/mol. The van der Waals surface area contributed by atoms with Gasteiger partial charge in [-0.3, -0.25) is 4.98 Å². The highest BCUT2D eigenvalue weighted by molar-refractivity contribution is 5.80. The fraction of sp³-hybridized carbons (Fsp3) is 0.333. The van der Waals surface area contributed by atoms with E-state index in [0.717, 1.165) is 58.5 Å². The van der Waals surface area contributed by atoms with Crippen LogP contribution in [0.3, 0.4) is 0 Å². The summed E-state index contributed by atoms with van der Waals surface area (Å²) in [5.74, 6) is 1.06. The van der Waals surface area contributed by atoms with E-state index in [1.54, 1.807) is 6.20 Å². The van der Waals surface area contributed by atoms with Crippen LogP contribution in [0.4, 0.5) is 5.82 Å². The van der Waals surface area contributed by atoms with Gasteiger partial charge in [0.2, 0.25) is 0 Å². The molecule has 4 aromatic rings. The van der Waals surface area contributed by atoms with Crippen molar-refractivity contribution < 1.29 is 0 Å². The smallest absolute Gasteiger partial charge is 0.167 e. The maximum Gasteiger partial charge on any atom is 0.167 e. The molecule has 7 heteroatoms. The highest BCUT2D eigenvalue weighted by Gasteiger charge is 2.20. The van der Waals surface area contributed by atoms with Crippen molar-refractivity contribution in [3.05, 3.63) is 53.7 Å². The van der Waals surface area contributed by atoms with Crippen molar-refractivity contribution in [1.29, 1.82) is 0 Å². The minimum Gasteiger partial charge on any atom is -0.357 e. The van der Waals surface area contributed by atoms with Crippen molar-refractivity contribution in [3.63, 3.8) is 0 Å². The molecule has 0 atom stereocenters. The Hall–Kier alpha value is -3.22. The summed E-state index contributed by atoms with van der Waals surface area (Å²) in [5, 5.41) is 9.11. The number of aromatic nitrogens is 6. The minimum absolute atomic E-state index is 0.849. The Kier molecular flexibility index (Phi) is 4.58. The highest BCUT2D eigenvalue weighted by atomic mass is 15.3. The zero-order valence-corrected chi connectivity index (χ0v) is 17.0. The number of nitrogens with zero attached hydrogens (tertiary/aromatic N) is 7. The zero-order valence-electron chi connectivity index (χ0n) is 17.0. The van der Waals surface area contributed by atoms with Crippen LogP contribution in [0.15, 0.2) is 36.8 Å². The Bertz CT molecular complexity index is 1120. The predicted octanol–water partition coefficient (Wildman–Crippen LogP) is 3.75. The van der Waals surface area contributed by atoms with Gasteiger partial charge in [-0.2, -0.15) is 14.7 Å². The van der Waals surface area contributed by atoms with Gasteiger partial charge in [-0.1, -0.05) is 0 Å². The molecule has 0 saturated heterocycles. The first-order valence-electron chi connectivity index (χ1n) is 9.62. The summed E-state index contributed by atoms with van der Waals surface area (Å²) in [5.41, 5.74) is 6.65. The first kappa shape index (κ1) is 18.2. The van der Waals surface area contributed by atoms with Crippen molar-refractivity contribution in [1.82, 2.24) is 29.4 Å². The van der Waals surface area contributed by atoms with Crippen LogP contribution in [0.25, 0.3) is 22.6 Å². The monoisotopic (exact) mass is 375 g/mol.